The number of anilines is 1. The molecule has 2 aromatic heterocycles. The molecule has 2 aromatic rings. The number of piperazine rings is 1. The summed E-state index contributed by atoms with van der Waals surface area (Å²) in [6.45, 7) is 5.65. The van der Waals surface area contributed by atoms with Gasteiger partial charge in [0.25, 0.3) is 5.88 Å². The van der Waals surface area contributed by atoms with Gasteiger partial charge in [-0.3, -0.25) is 4.90 Å². The number of hydrogen-bond donors (Lipinski definition) is 0. The van der Waals surface area contributed by atoms with Crippen LogP contribution in [-0.2, 0) is 0 Å². The van der Waals surface area contributed by atoms with Gasteiger partial charge in [-0.1, -0.05) is 0 Å². The Balaban J connectivity index is 1.45. The highest BCUT2D eigenvalue weighted by Crippen LogP contribution is 2.33. The van der Waals surface area contributed by atoms with E-state index in [9.17, 15) is 4.39 Å². The predicted octanol–water partition coefficient (Wildman–Crippen LogP) is 2.15. The first-order valence-electron chi connectivity index (χ1n) is 9.50. The Hall–Kier alpha value is -3.12. The van der Waals surface area contributed by atoms with E-state index in [2.05, 4.69) is 25.8 Å². The predicted molar refractivity (Wildman–Crippen MR) is 103 cm³/mol. The second kappa shape index (κ2) is 8.09. The molecule has 1 atom stereocenters. The van der Waals surface area contributed by atoms with Crippen molar-refractivity contribution in [3.8, 4) is 23.4 Å². The second-order valence-corrected chi connectivity index (χ2v) is 6.91. The van der Waals surface area contributed by atoms with Crippen molar-refractivity contribution in [2.45, 2.75) is 13.0 Å². The van der Waals surface area contributed by atoms with Crippen LogP contribution in [0.3, 0.4) is 0 Å². The lowest BCUT2D eigenvalue weighted by atomic mass is 10.1. The van der Waals surface area contributed by atoms with Gasteiger partial charge in [0, 0.05) is 38.3 Å². The Labute approximate surface area is 168 Å². The quantitative estimate of drug-likeness (QED) is 0.773. The topological polar surface area (TPSA) is 83.7 Å². The standard InChI is InChI=1S/C20H22FN5O3/c1-13(19-15(21)9-17-20(24-19)29-8-7-28-17)25-3-5-26(6-4-25)18-10-16(27-2)14(11-22)12-23-18/h9-10,12-13H,3-8H2,1-2H3. The van der Waals surface area contributed by atoms with Crippen molar-refractivity contribution in [2.75, 3.05) is 51.4 Å². The maximum absolute atomic E-state index is 14.6. The molecule has 1 unspecified atom stereocenters. The summed E-state index contributed by atoms with van der Waals surface area (Å²) in [5.74, 6) is 1.60. The largest absolute Gasteiger partial charge is 0.495 e. The van der Waals surface area contributed by atoms with E-state index < -0.39 is 0 Å². The first-order chi connectivity index (χ1) is 14.1. The minimum absolute atomic E-state index is 0.198. The summed E-state index contributed by atoms with van der Waals surface area (Å²) in [7, 11) is 1.54. The van der Waals surface area contributed by atoms with E-state index >= 15 is 0 Å². The number of rotatable bonds is 4. The van der Waals surface area contributed by atoms with Crippen LogP contribution in [0.4, 0.5) is 10.2 Å². The van der Waals surface area contributed by atoms with Gasteiger partial charge in [0.1, 0.15) is 42.2 Å². The molecule has 0 aromatic carbocycles. The fourth-order valence-corrected chi connectivity index (χ4v) is 3.62. The fourth-order valence-electron chi connectivity index (χ4n) is 3.62. The van der Waals surface area contributed by atoms with E-state index in [0.717, 1.165) is 32.0 Å². The maximum Gasteiger partial charge on any atom is 0.257 e. The van der Waals surface area contributed by atoms with Crippen LogP contribution in [0.5, 0.6) is 17.4 Å². The SMILES string of the molecule is COc1cc(N2CCN(C(C)c3nc4c(cc3F)OCCO4)CC2)ncc1C#N. The summed E-state index contributed by atoms with van der Waals surface area (Å²) in [6, 6.07) is 5.01. The Morgan fingerprint density at radius 1 is 1.21 bits per heavy atom. The molecule has 0 saturated carbocycles. The molecule has 1 fully saturated rings. The molecule has 0 bridgehead atoms. The van der Waals surface area contributed by atoms with Gasteiger partial charge < -0.3 is 19.1 Å². The van der Waals surface area contributed by atoms with Crippen LogP contribution in [0, 0.1) is 17.1 Å². The number of pyridine rings is 2. The third-order valence-electron chi connectivity index (χ3n) is 5.29. The average molecular weight is 399 g/mol. The summed E-state index contributed by atoms with van der Waals surface area (Å²) in [5, 5.41) is 9.11. The van der Waals surface area contributed by atoms with Crippen LogP contribution in [0.25, 0.3) is 0 Å². The molecule has 1 saturated heterocycles. The molecular weight excluding hydrogens is 377 g/mol. The number of nitriles is 1. The molecule has 0 amide bonds. The van der Waals surface area contributed by atoms with Crippen LogP contribution in [0.1, 0.15) is 24.2 Å². The van der Waals surface area contributed by atoms with Gasteiger partial charge in [-0.15, -0.1) is 0 Å². The minimum atomic E-state index is -0.386. The van der Waals surface area contributed by atoms with Gasteiger partial charge in [-0.2, -0.15) is 5.26 Å². The van der Waals surface area contributed by atoms with Crippen molar-refractivity contribution in [3.05, 3.63) is 35.4 Å². The number of halogens is 1. The van der Waals surface area contributed by atoms with Crippen LogP contribution < -0.4 is 19.1 Å². The number of hydrogen-bond acceptors (Lipinski definition) is 8. The molecule has 152 valence electrons. The third kappa shape index (κ3) is 3.76. The highest BCUT2D eigenvalue weighted by Gasteiger charge is 2.28. The fraction of sp³-hybridized carbons (Fsp3) is 0.450. The second-order valence-electron chi connectivity index (χ2n) is 6.91. The van der Waals surface area contributed by atoms with Gasteiger partial charge in [0.05, 0.1) is 25.0 Å². The van der Waals surface area contributed by atoms with Crippen molar-refractivity contribution >= 4 is 5.82 Å². The third-order valence-corrected chi connectivity index (χ3v) is 5.29. The molecule has 4 rings (SSSR count). The maximum atomic E-state index is 14.6. The lowest BCUT2D eigenvalue weighted by Crippen LogP contribution is -2.47. The van der Waals surface area contributed by atoms with E-state index in [4.69, 9.17) is 19.5 Å². The molecule has 29 heavy (non-hydrogen) atoms. The van der Waals surface area contributed by atoms with Crippen LogP contribution in [0.2, 0.25) is 0 Å². The van der Waals surface area contributed by atoms with E-state index in [1.807, 2.05) is 6.92 Å². The van der Waals surface area contributed by atoms with Gasteiger partial charge in [0.15, 0.2) is 5.75 Å². The molecule has 2 aliphatic rings. The minimum Gasteiger partial charge on any atom is -0.495 e. The Kier molecular flexibility index (Phi) is 5.36. The number of nitrogens with zero attached hydrogens (tertiary/aromatic N) is 5. The Morgan fingerprint density at radius 2 is 1.97 bits per heavy atom. The van der Waals surface area contributed by atoms with E-state index in [1.165, 1.54) is 19.4 Å². The summed E-state index contributed by atoms with van der Waals surface area (Å²) >= 11 is 0. The molecule has 4 heterocycles. The molecule has 9 heteroatoms. The summed E-state index contributed by atoms with van der Waals surface area (Å²) < 4.78 is 30.8. The van der Waals surface area contributed by atoms with Crippen LogP contribution in [-0.4, -0.2) is 61.4 Å². The zero-order chi connectivity index (χ0) is 20.4. The van der Waals surface area contributed by atoms with Gasteiger partial charge in [0.2, 0.25) is 0 Å². The van der Waals surface area contributed by atoms with Crippen molar-refractivity contribution < 1.29 is 18.6 Å². The highest BCUT2D eigenvalue weighted by molar-refractivity contribution is 5.51. The van der Waals surface area contributed by atoms with Gasteiger partial charge >= 0.3 is 0 Å². The normalized spacial score (nSPS) is 17.5. The summed E-state index contributed by atoms with van der Waals surface area (Å²) in [5.41, 5.74) is 0.768. The van der Waals surface area contributed by atoms with E-state index in [1.54, 1.807) is 6.07 Å². The lowest BCUT2D eigenvalue weighted by molar-refractivity contribution is 0.157. The van der Waals surface area contributed by atoms with Crippen molar-refractivity contribution in [1.29, 1.82) is 5.26 Å². The molecule has 0 spiro atoms. The molecule has 2 aliphatic heterocycles. The molecule has 8 nitrogen and oxygen atoms in total. The van der Waals surface area contributed by atoms with E-state index in [0.29, 0.717) is 41.9 Å². The summed E-state index contributed by atoms with van der Waals surface area (Å²) in [6.07, 6.45) is 1.53. The van der Waals surface area contributed by atoms with Crippen molar-refractivity contribution in [3.63, 3.8) is 0 Å². The van der Waals surface area contributed by atoms with Crippen LogP contribution >= 0.6 is 0 Å². The zero-order valence-corrected chi connectivity index (χ0v) is 16.4. The monoisotopic (exact) mass is 399 g/mol. The van der Waals surface area contributed by atoms with Crippen molar-refractivity contribution in [2.24, 2.45) is 0 Å². The zero-order valence-electron chi connectivity index (χ0n) is 16.4. The van der Waals surface area contributed by atoms with Gasteiger partial charge in [-0.05, 0) is 6.92 Å². The van der Waals surface area contributed by atoms with Crippen molar-refractivity contribution in [1.82, 2.24) is 14.9 Å². The molecule has 0 aliphatic carbocycles. The smallest absolute Gasteiger partial charge is 0.257 e. The van der Waals surface area contributed by atoms with Crippen LogP contribution in [0.15, 0.2) is 18.3 Å². The van der Waals surface area contributed by atoms with Gasteiger partial charge in [-0.25, -0.2) is 14.4 Å². The average Bonchev–Trinajstić information content (AvgIpc) is 2.77. The summed E-state index contributed by atoms with van der Waals surface area (Å²) in [4.78, 5) is 13.0. The number of fused-ring (bicyclic) bond motifs is 1. The number of ether oxygens (including phenoxy) is 3. The molecule has 0 radical (unpaired) electrons. The number of aromatic nitrogens is 2. The first-order valence-corrected chi connectivity index (χ1v) is 9.50. The first kappa shape index (κ1) is 19.2. The number of methoxy groups -OCH3 is 1. The Bertz CT molecular complexity index is 940. The molecular formula is C20H22FN5O3. The molecule has 0 N–H and O–H groups in total. The van der Waals surface area contributed by atoms with E-state index in [-0.39, 0.29) is 11.9 Å². The highest BCUT2D eigenvalue weighted by atomic mass is 19.1. The lowest BCUT2D eigenvalue weighted by Gasteiger charge is -2.38. The Morgan fingerprint density at radius 3 is 2.69 bits per heavy atom.